The second kappa shape index (κ2) is 8.31. The Morgan fingerprint density at radius 2 is 2.05 bits per heavy atom. The van der Waals surface area contributed by atoms with Crippen molar-refractivity contribution >= 4 is 33.2 Å². The van der Waals surface area contributed by atoms with Crippen LogP contribution in [-0.4, -0.2) is 38.1 Å². The standard InChI is InChI=1S/C16H19BrN2O2S/c1-19(2)14(15-4-3-9-22-15)10-18-16(20)11-21-13-7-5-12(17)6-8-13/h3-9,14H,10-11H2,1-2H3,(H,18,20)/t14-/m0/s1. The van der Waals surface area contributed by atoms with Crippen LogP contribution in [0, 0.1) is 0 Å². The Hall–Kier alpha value is -1.37. The van der Waals surface area contributed by atoms with Gasteiger partial charge in [-0.3, -0.25) is 4.79 Å². The lowest BCUT2D eigenvalue weighted by Gasteiger charge is -2.23. The third kappa shape index (κ3) is 5.12. The molecule has 0 radical (unpaired) electrons. The number of thiophene rings is 1. The first-order valence-corrected chi connectivity index (χ1v) is 8.58. The van der Waals surface area contributed by atoms with Gasteiger partial charge >= 0.3 is 0 Å². The number of nitrogens with one attached hydrogen (secondary N) is 1. The van der Waals surface area contributed by atoms with Crippen LogP contribution in [0.4, 0.5) is 0 Å². The molecule has 1 N–H and O–H groups in total. The minimum absolute atomic E-state index is 0.0201. The van der Waals surface area contributed by atoms with Crippen molar-refractivity contribution in [3.63, 3.8) is 0 Å². The Balaban J connectivity index is 1.80. The molecule has 0 bridgehead atoms. The molecule has 0 fully saturated rings. The molecule has 0 aliphatic carbocycles. The van der Waals surface area contributed by atoms with E-state index in [2.05, 4.69) is 32.2 Å². The van der Waals surface area contributed by atoms with E-state index in [1.807, 2.05) is 49.8 Å². The minimum Gasteiger partial charge on any atom is -0.484 e. The van der Waals surface area contributed by atoms with Crippen LogP contribution in [0.15, 0.2) is 46.3 Å². The summed E-state index contributed by atoms with van der Waals surface area (Å²) in [6, 6.07) is 11.7. The lowest BCUT2D eigenvalue weighted by Crippen LogP contribution is -2.36. The summed E-state index contributed by atoms with van der Waals surface area (Å²) >= 11 is 5.05. The number of ether oxygens (including phenoxy) is 1. The second-order valence-electron chi connectivity index (χ2n) is 5.04. The Labute approximate surface area is 143 Å². The van der Waals surface area contributed by atoms with Gasteiger partial charge < -0.3 is 15.0 Å². The predicted molar refractivity (Wildman–Crippen MR) is 93.4 cm³/mol. The number of nitrogens with zero attached hydrogens (tertiary/aromatic N) is 1. The monoisotopic (exact) mass is 382 g/mol. The molecular formula is C16H19BrN2O2S. The van der Waals surface area contributed by atoms with E-state index < -0.39 is 0 Å². The van der Waals surface area contributed by atoms with Gasteiger partial charge in [-0.05, 0) is 49.8 Å². The molecular weight excluding hydrogens is 364 g/mol. The van der Waals surface area contributed by atoms with Crippen molar-refractivity contribution in [2.75, 3.05) is 27.2 Å². The van der Waals surface area contributed by atoms with Gasteiger partial charge in [-0.1, -0.05) is 22.0 Å². The van der Waals surface area contributed by atoms with Crippen molar-refractivity contribution in [2.45, 2.75) is 6.04 Å². The topological polar surface area (TPSA) is 41.6 Å². The molecule has 0 aliphatic rings. The zero-order valence-corrected chi connectivity index (χ0v) is 15.0. The van der Waals surface area contributed by atoms with Crippen molar-refractivity contribution in [1.29, 1.82) is 0 Å². The van der Waals surface area contributed by atoms with Gasteiger partial charge in [0.25, 0.3) is 5.91 Å². The van der Waals surface area contributed by atoms with Crippen LogP contribution in [0.1, 0.15) is 10.9 Å². The first-order valence-electron chi connectivity index (χ1n) is 6.91. The summed E-state index contributed by atoms with van der Waals surface area (Å²) in [5, 5.41) is 4.97. The number of benzene rings is 1. The van der Waals surface area contributed by atoms with Gasteiger partial charge in [0.05, 0.1) is 6.04 Å². The maximum absolute atomic E-state index is 11.9. The molecule has 118 valence electrons. The maximum atomic E-state index is 11.9. The van der Waals surface area contributed by atoms with Crippen LogP contribution < -0.4 is 10.1 Å². The van der Waals surface area contributed by atoms with Crippen LogP contribution in [0.2, 0.25) is 0 Å². The number of rotatable bonds is 7. The van der Waals surface area contributed by atoms with Crippen LogP contribution >= 0.6 is 27.3 Å². The summed E-state index contributed by atoms with van der Waals surface area (Å²) in [4.78, 5) is 15.3. The Bertz CT molecular complexity index is 585. The zero-order chi connectivity index (χ0) is 15.9. The number of halogens is 1. The third-order valence-corrected chi connectivity index (χ3v) is 4.67. The summed E-state index contributed by atoms with van der Waals surface area (Å²) in [5.41, 5.74) is 0. The highest BCUT2D eigenvalue weighted by molar-refractivity contribution is 9.10. The van der Waals surface area contributed by atoms with E-state index in [9.17, 15) is 4.79 Å². The van der Waals surface area contributed by atoms with E-state index >= 15 is 0 Å². The highest BCUT2D eigenvalue weighted by atomic mass is 79.9. The molecule has 0 unspecified atom stereocenters. The lowest BCUT2D eigenvalue weighted by molar-refractivity contribution is -0.123. The maximum Gasteiger partial charge on any atom is 0.258 e. The van der Waals surface area contributed by atoms with E-state index in [0.29, 0.717) is 12.3 Å². The van der Waals surface area contributed by atoms with Gasteiger partial charge in [0.1, 0.15) is 5.75 Å². The average Bonchev–Trinajstić information content (AvgIpc) is 3.00. The van der Waals surface area contributed by atoms with E-state index in [4.69, 9.17) is 4.74 Å². The number of carbonyl (C=O) groups excluding carboxylic acids is 1. The molecule has 6 heteroatoms. The number of hydrogen-bond acceptors (Lipinski definition) is 4. The van der Waals surface area contributed by atoms with Gasteiger partial charge in [-0.15, -0.1) is 11.3 Å². The first kappa shape index (κ1) is 17.0. The third-order valence-electron chi connectivity index (χ3n) is 3.17. The summed E-state index contributed by atoms with van der Waals surface area (Å²) in [6.45, 7) is 0.586. The van der Waals surface area contributed by atoms with Crippen molar-refractivity contribution in [1.82, 2.24) is 10.2 Å². The van der Waals surface area contributed by atoms with E-state index in [-0.39, 0.29) is 18.6 Å². The van der Waals surface area contributed by atoms with E-state index in [1.165, 1.54) is 4.88 Å². The molecule has 1 aromatic carbocycles. The summed E-state index contributed by atoms with van der Waals surface area (Å²) in [6.07, 6.45) is 0. The predicted octanol–water partition coefficient (Wildman–Crippen LogP) is 3.31. The molecule has 22 heavy (non-hydrogen) atoms. The first-order chi connectivity index (χ1) is 10.6. The SMILES string of the molecule is CN(C)[C@@H](CNC(=O)COc1ccc(Br)cc1)c1cccs1. The van der Waals surface area contributed by atoms with Crippen molar-refractivity contribution in [2.24, 2.45) is 0 Å². The van der Waals surface area contributed by atoms with Gasteiger partial charge in [-0.25, -0.2) is 0 Å². The Kier molecular flexibility index (Phi) is 6.42. The number of amides is 1. The van der Waals surface area contributed by atoms with Gasteiger partial charge in [-0.2, -0.15) is 0 Å². The van der Waals surface area contributed by atoms with Crippen molar-refractivity contribution in [3.05, 3.63) is 51.1 Å². The van der Waals surface area contributed by atoms with Crippen LogP contribution in [0.25, 0.3) is 0 Å². The average molecular weight is 383 g/mol. The van der Waals surface area contributed by atoms with E-state index in [0.717, 1.165) is 4.47 Å². The zero-order valence-electron chi connectivity index (χ0n) is 12.6. The van der Waals surface area contributed by atoms with Crippen molar-refractivity contribution in [3.8, 4) is 5.75 Å². The van der Waals surface area contributed by atoms with Gasteiger partial charge in [0.15, 0.2) is 6.61 Å². The summed E-state index contributed by atoms with van der Waals surface area (Å²) in [5.74, 6) is 0.562. The van der Waals surface area contributed by atoms with Crippen molar-refractivity contribution < 1.29 is 9.53 Å². The molecule has 4 nitrogen and oxygen atoms in total. The molecule has 1 amide bonds. The highest BCUT2D eigenvalue weighted by Gasteiger charge is 2.16. The molecule has 0 spiro atoms. The summed E-state index contributed by atoms with van der Waals surface area (Å²) in [7, 11) is 4.02. The largest absolute Gasteiger partial charge is 0.484 e. The fourth-order valence-electron chi connectivity index (χ4n) is 1.96. The Morgan fingerprint density at radius 1 is 1.32 bits per heavy atom. The molecule has 0 aliphatic heterocycles. The molecule has 2 aromatic rings. The van der Waals surface area contributed by atoms with Gasteiger partial charge in [0, 0.05) is 15.9 Å². The Morgan fingerprint density at radius 3 is 2.64 bits per heavy atom. The van der Waals surface area contributed by atoms with Crippen LogP contribution in [0.5, 0.6) is 5.75 Å². The van der Waals surface area contributed by atoms with Crippen LogP contribution in [-0.2, 0) is 4.79 Å². The van der Waals surface area contributed by atoms with Gasteiger partial charge in [0.2, 0.25) is 0 Å². The quantitative estimate of drug-likeness (QED) is 0.798. The highest BCUT2D eigenvalue weighted by Crippen LogP contribution is 2.22. The lowest BCUT2D eigenvalue weighted by atomic mass is 10.2. The smallest absolute Gasteiger partial charge is 0.258 e. The van der Waals surface area contributed by atoms with Crippen LogP contribution in [0.3, 0.4) is 0 Å². The fraction of sp³-hybridized carbons (Fsp3) is 0.312. The minimum atomic E-state index is -0.119. The molecule has 1 heterocycles. The molecule has 1 atom stereocenters. The number of likely N-dealkylation sites (N-methyl/N-ethyl adjacent to an activating group) is 1. The fourth-order valence-corrected chi connectivity index (χ4v) is 3.15. The molecule has 2 rings (SSSR count). The normalized spacial score (nSPS) is 12.2. The number of carbonyl (C=O) groups is 1. The molecule has 0 saturated heterocycles. The van der Waals surface area contributed by atoms with E-state index in [1.54, 1.807) is 11.3 Å². The molecule has 1 aromatic heterocycles. The second-order valence-corrected chi connectivity index (χ2v) is 6.94. The summed E-state index contributed by atoms with van der Waals surface area (Å²) < 4.78 is 6.44. The number of hydrogen-bond donors (Lipinski definition) is 1. The molecule has 0 saturated carbocycles.